The Hall–Kier alpha value is -2.28. The highest BCUT2D eigenvalue weighted by Crippen LogP contribution is 2.24. The fraction of sp³-hybridized carbons (Fsp3) is 0.312. The molecule has 1 amide bonds. The van der Waals surface area contributed by atoms with E-state index in [0.29, 0.717) is 17.2 Å². The number of nitrogens with one attached hydrogen (secondary N) is 1. The van der Waals surface area contributed by atoms with Crippen LogP contribution in [0.4, 0.5) is 4.39 Å². The van der Waals surface area contributed by atoms with Crippen molar-refractivity contribution in [2.24, 2.45) is 0 Å². The zero-order chi connectivity index (χ0) is 16.8. The predicted molar refractivity (Wildman–Crippen MR) is 85.4 cm³/mol. The lowest BCUT2D eigenvalue weighted by molar-refractivity contribution is -0.154. The summed E-state index contributed by atoms with van der Waals surface area (Å²) in [5.41, 5.74) is 1.34. The summed E-state index contributed by atoms with van der Waals surface area (Å²) in [5.74, 6) is -1.15. The number of aromatic nitrogens is 1. The predicted octanol–water partition coefficient (Wildman–Crippen LogP) is 2.56. The Kier molecular flexibility index (Phi) is 5.81. The molecular weight excluding hydrogens is 319 g/mol. The van der Waals surface area contributed by atoms with Crippen molar-refractivity contribution in [1.82, 2.24) is 10.3 Å². The van der Waals surface area contributed by atoms with Crippen LogP contribution in [0.25, 0.3) is 10.6 Å². The maximum Gasteiger partial charge on any atom is 0.312 e. The zero-order valence-electron chi connectivity index (χ0n) is 12.8. The fourth-order valence-corrected chi connectivity index (χ4v) is 2.70. The lowest BCUT2D eigenvalue weighted by atomic mass is 10.2. The van der Waals surface area contributed by atoms with Gasteiger partial charge < -0.3 is 10.1 Å². The van der Waals surface area contributed by atoms with E-state index in [1.165, 1.54) is 30.4 Å². The standard InChI is InChI=1S/C16H17FN2O3S/c1-3-18-15(21)10(2)22-14(20)8-13-9-23-16(19-13)11-4-6-12(17)7-5-11/h4-7,9-10H,3,8H2,1-2H3,(H,18,21)/t10-/m0/s1. The first-order chi connectivity index (χ1) is 11.0. The molecule has 23 heavy (non-hydrogen) atoms. The third kappa shape index (κ3) is 4.85. The first kappa shape index (κ1) is 17.1. The van der Waals surface area contributed by atoms with Gasteiger partial charge in [-0.05, 0) is 38.1 Å². The third-order valence-electron chi connectivity index (χ3n) is 3.00. The first-order valence-corrected chi connectivity index (χ1v) is 8.05. The number of thiazole rings is 1. The number of nitrogens with zero attached hydrogens (tertiary/aromatic N) is 1. The highest BCUT2D eigenvalue weighted by atomic mass is 32.1. The van der Waals surface area contributed by atoms with Crippen LogP contribution in [0.1, 0.15) is 19.5 Å². The van der Waals surface area contributed by atoms with Crippen molar-refractivity contribution in [3.8, 4) is 10.6 Å². The van der Waals surface area contributed by atoms with Crippen molar-refractivity contribution < 1.29 is 18.7 Å². The monoisotopic (exact) mass is 336 g/mol. The summed E-state index contributed by atoms with van der Waals surface area (Å²) in [6, 6.07) is 5.98. The van der Waals surface area contributed by atoms with Gasteiger partial charge in [-0.15, -0.1) is 11.3 Å². The van der Waals surface area contributed by atoms with E-state index in [-0.39, 0.29) is 18.1 Å². The molecule has 0 saturated heterocycles. The van der Waals surface area contributed by atoms with E-state index in [4.69, 9.17) is 4.74 Å². The summed E-state index contributed by atoms with van der Waals surface area (Å²) in [6.45, 7) is 3.79. The minimum atomic E-state index is -0.836. The normalized spacial score (nSPS) is 11.8. The Bertz CT molecular complexity index is 685. The van der Waals surface area contributed by atoms with Gasteiger partial charge in [-0.1, -0.05) is 0 Å². The van der Waals surface area contributed by atoms with E-state index in [0.717, 1.165) is 5.56 Å². The maximum atomic E-state index is 12.9. The molecule has 1 aromatic carbocycles. The van der Waals surface area contributed by atoms with Gasteiger partial charge >= 0.3 is 5.97 Å². The molecule has 2 rings (SSSR count). The molecule has 5 nitrogen and oxygen atoms in total. The number of carbonyl (C=O) groups is 2. The lowest BCUT2D eigenvalue weighted by Crippen LogP contribution is -2.35. The molecule has 0 fully saturated rings. The molecule has 1 aromatic heterocycles. The van der Waals surface area contributed by atoms with Gasteiger partial charge in [0.1, 0.15) is 10.8 Å². The molecule has 0 aliphatic carbocycles. The minimum Gasteiger partial charge on any atom is -0.452 e. The lowest BCUT2D eigenvalue weighted by Gasteiger charge is -2.11. The van der Waals surface area contributed by atoms with E-state index in [2.05, 4.69) is 10.3 Å². The number of amides is 1. The number of hydrogen-bond donors (Lipinski definition) is 1. The van der Waals surface area contributed by atoms with Crippen molar-refractivity contribution in [2.75, 3.05) is 6.54 Å². The maximum absolute atomic E-state index is 12.9. The van der Waals surface area contributed by atoms with Crippen LogP contribution in [0.3, 0.4) is 0 Å². The van der Waals surface area contributed by atoms with Crippen LogP contribution in [-0.4, -0.2) is 29.5 Å². The van der Waals surface area contributed by atoms with Crippen LogP contribution in [-0.2, 0) is 20.7 Å². The van der Waals surface area contributed by atoms with Gasteiger partial charge in [-0.2, -0.15) is 0 Å². The second-order valence-corrected chi connectivity index (χ2v) is 5.71. The average Bonchev–Trinajstić information content (AvgIpc) is 2.96. The molecule has 0 aliphatic heterocycles. The van der Waals surface area contributed by atoms with Crippen LogP contribution in [0, 0.1) is 5.82 Å². The van der Waals surface area contributed by atoms with E-state index in [1.54, 1.807) is 24.4 Å². The van der Waals surface area contributed by atoms with Gasteiger partial charge in [0.2, 0.25) is 0 Å². The molecule has 1 N–H and O–H groups in total. The Labute approximate surface area is 137 Å². The Balaban J connectivity index is 1.95. The summed E-state index contributed by atoms with van der Waals surface area (Å²) >= 11 is 1.36. The SMILES string of the molecule is CCNC(=O)[C@H](C)OC(=O)Cc1csc(-c2ccc(F)cc2)n1. The van der Waals surface area contributed by atoms with Gasteiger partial charge in [0, 0.05) is 17.5 Å². The molecular formula is C16H17FN2O3S. The number of hydrogen-bond acceptors (Lipinski definition) is 5. The van der Waals surface area contributed by atoms with Crippen molar-refractivity contribution >= 4 is 23.2 Å². The molecule has 1 atom stereocenters. The van der Waals surface area contributed by atoms with Crippen LogP contribution in [0.2, 0.25) is 0 Å². The Morgan fingerprint density at radius 3 is 2.70 bits per heavy atom. The second-order valence-electron chi connectivity index (χ2n) is 4.85. The molecule has 0 bridgehead atoms. The topological polar surface area (TPSA) is 68.3 Å². The number of esters is 1. The van der Waals surface area contributed by atoms with Gasteiger partial charge in [-0.25, -0.2) is 9.37 Å². The van der Waals surface area contributed by atoms with E-state index >= 15 is 0 Å². The number of rotatable bonds is 6. The van der Waals surface area contributed by atoms with Crippen molar-refractivity contribution in [3.05, 3.63) is 41.2 Å². The number of halogens is 1. The van der Waals surface area contributed by atoms with E-state index in [1.807, 2.05) is 0 Å². The van der Waals surface area contributed by atoms with Crippen LogP contribution in [0.15, 0.2) is 29.6 Å². The van der Waals surface area contributed by atoms with E-state index < -0.39 is 12.1 Å². The van der Waals surface area contributed by atoms with Crippen molar-refractivity contribution in [1.29, 1.82) is 0 Å². The quantitative estimate of drug-likeness (QED) is 0.823. The first-order valence-electron chi connectivity index (χ1n) is 7.17. The summed E-state index contributed by atoms with van der Waals surface area (Å²) in [5, 5.41) is 5.03. The molecule has 0 radical (unpaired) electrons. The number of benzene rings is 1. The minimum absolute atomic E-state index is 0.0125. The van der Waals surface area contributed by atoms with Gasteiger partial charge in [0.05, 0.1) is 12.1 Å². The van der Waals surface area contributed by atoms with Crippen LogP contribution >= 0.6 is 11.3 Å². The number of carbonyl (C=O) groups excluding carboxylic acids is 2. The zero-order valence-corrected chi connectivity index (χ0v) is 13.7. The highest BCUT2D eigenvalue weighted by molar-refractivity contribution is 7.13. The number of likely N-dealkylation sites (N-methyl/N-ethyl adjacent to an activating group) is 1. The fourth-order valence-electron chi connectivity index (χ4n) is 1.87. The Morgan fingerprint density at radius 1 is 1.35 bits per heavy atom. The van der Waals surface area contributed by atoms with Crippen molar-refractivity contribution in [3.63, 3.8) is 0 Å². The smallest absolute Gasteiger partial charge is 0.312 e. The van der Waals surface area contributed by atoms with Crippen LogP contribution in [0.5, 0.6) is 0 Å². The highest BCUT2D eigenvalue weighted by Gasteiger charge is 2.18. The largest absolute Gasteiger partial charge is 0.452 e. The molecule has 0 aliphatic rings. The second kappa shape index (κ2) is 7.82. The third-order valence-corrected chi connectivity index (χ3v) is 3.94. The molecule has 7 heteroatoms. The molecule has 0 spiro atoms. The molecule has 1 heterocycles. The molecule has 0 saturated carbocycles. The summed E-state index contributed by atoms with van der Waals surface area (Å²) in [7, 11) is 0. The van der Waals surface area contributed by atoms with Crippen molar-refractivity contribution in [2.45, 2.75) is 26.4 Å². The van der Waals surface area contributed by atoms with Gasteiger partial charge in [0.15, 0.2) is 6.10 Å². The average molecular weight is 336 g/mol. The van der Waals surface area contributed by atoms with Gasteiger partial charge in [0.25, 0.3) is 5.91 Å². The molecule has 0 unspecified atom stereocenters. The Morgan fingerprint density at radius 2 is 2.04 bits per heavy atom. The number of ether oxygens (including phenoxy) is 1. The molecule has 2 aromatic rings. The summed E-state index contributed by atoms with van der Waals surface area (Å²) < 4.78 is 18.0. The molecule has 122 valence electrons. The van der Waals surface area contributed by atoms with Gasteiger partial charge in [-0.3, -0.25) is 9.59 Å². The van der Waals surface area contributed by atoms with Crippen LogP contribution < -0.4 is 5.32 Å². The summed E-state index contributed by atoms with van der Waals surface area (Å²) in [4.78, 5) is 27.7. The van der Waals surface area contributed by atoms with E-state index in [9.17, 15) is 14.0 Å². The summed E-state index contributed by atoms with van der Waals surface area (Å²) in [6.07, 6.45) is -0.848.